The van der Waals surface area contributed by atoms with Crippen molar-refractivity contribution in [1.82, 2.24) is 4.90 Å². The van der Waals surface area contributed by atoms with E-state index in [9.17, 15) is 14.0 Å². The van der Waals surface area contributed by atoms with Crippen LogP contribution in [0.2, 0.25) is 5.02 Å². The number of unbranched alkanes of at least 4 members (excludes halogenated alkanes) is 1. The van der Waals surface area contributed by atoms with Crippen LogP contribution in [0, 0.1) is 11.7 Å². The summed E-state index contributed by atoms with van der Waals surface area (Å²) in [6.45, 7) is 4.29. The number of halogens is 2. The van der Waals surface area contributed by atoms with Crippen molar-refractivity contribution in [2.75, 3.05) is 25.0 Å². The van der Waals surface area contributed by atoms with Crippen molar-refractivity contribution in [3.8, 4) is 0 Å². The highest BCUT2D eigenvalue weighted by Gasteiger charge is 2.26. The molecule has 1 saturated heterocycles. The summed E-state index contributed by atoms with van der Waals surface area (Å²) in [4.78, 5) is 26.7. The second-order valence-corrected chi connectivity index (χ2v) is 8.21. The van der Waals surface area contributed by atoms with Crippen LogP contribution < -0.4 is 5.32 Å². The first-order valence-corrected chi connectivity index (χ1v) is 11.1. The van der Waals surface area contributed by atoms with Gasteiger partial charge in [-0.1, -0.05) is 31.0 Å². The largest absolute Gasteiger partial charge is 0.462 e. The molecule has 0 aromatic heterocycles. The average Bonchev–Trinajstić information content (AvgIpc) is 2.77. The van der Waals surface area contributed by atoms with Crippen molar-refractivity contribution in [2.24, 2.45) is 5.92 Å². The summed E-state index contributed by atoms with van der Waals surface area (Å²) in [6.07, 6.45) is 3.19. The molecule has 0 spiro atoms. The quantitative estimate of drug-likeness (QED) is 0.442. The lowest BCUT2D eigenvalue weighted by Gasteiger charge is -2.31. The lowest BCUT2D eigenvalue weighted by molar-refractivity contribution is -0.121. The van der Waals surface area contributed by atoms with Gasteiger partial charge in [0.15, 0.2) is 0 Å². The molecule has 2 aromatic carbocycles. The van der Waals surface area contributed by atoms with Gasteiger partial charge in [-0.05, 0) is 68.8 Å². The molecule has 0 unspecified atom stereocenters. The molecular weight excluding hydrogens is 419 g/mol. The van der Waals surface area contributed by atoms with Gasteiger partial charge < -0.3 is 10.1 Å². The Morgan fingerprint density at radius 1 is 1.16 bits per heavy atom. The van der Waals surface area contributed by atoms with Crippen LogP contribution >= 0.6 is 11.6 Å². The minimum atomic E-state index is -0.353. The number of hydrogen-bond donors (Lipinski definition) is 1. The number of ether oxygens (including phenoxy) is 1. The Balaban J connectivity index is 1.47. The number of carbonyl (C=O) groups excluding carboxylic acids is 2. The number of benzene rings is 2. The molecule has 166 valence electrons. The number of esters is 1. The maximum Gasteiger partial charge on any atom is 0.338 e. The Morgan fingerprint density at radius 2 is 1.87 bits per heavy atom. The number of carbonyl (C=O) groups is 2. The van der Waals surface area contributed by atoms with Gasteiger partial charge in [0.25, 0.3) is 0 Å². The molecule has 1 amide bonds. The van der Waals surface area contributed by atoms with Crippen LogP contribution in [-0.4, -0.2) is 36.5 Å². The molecule has 1 aliphatic heterocycles. The van der Waals surface area contributed by atoms with Crippen molar-refractivity contribution in [3.63, 3.8) is 0 Å². The normalized spacial score (nSPS) is 14.9. The minimum Gasteiger partial charge on any atom is -0.462 e. The maximum atomic E-state index is 14.0. The van der Waals surface area contributed by atoms with Gasteiger partial charge in [0.1, 0.15) is 5.82 Å². The molecule has 7 heteroatoms. The Bertz CT molecular complexity index is 876. The standard InChI is InChI=1S/C24H28ClFN2O3/c1-2-3-15-31-24(30)18-7-9-19(10-8-18)27-23(29)17-11-13-28(14-12-17)16-20-21(25)5-4-6-22(20)26/h4-10,17H,2-3,11-16H2,1H3,(H,27,29). The van der Waals surface area contributed by atoms with Crippen molar-refractivity contribution >= 4 is 29.2 Å². The number of piperidine rings is 1. The molecule has 3 rings (SSSR count). The Labute approximate surface area is 187 Å². The Morgan fingerprint density at radius 3 is 2.52 bits per heavy atom. The molecule has 1 heterocycles. The first-order valence-electron chi connectivity index (χ1n) is 10.7. The predicted molar refractivity (Wildman–Crippen MR) is 120 cm³/mol. The molecule has 2 aromatic rings. The van der Waals surface area contributed by atoms with Crippen molar-refractivity contribution in [3.05, 3.63) is 64.4 Å². The van der Waals surface area contributed by atoms with Gasteiger partial charge in [0.05, 0.1) is 12.2 Å². The molecular formula is C24H28ClFN2O3. The van der Waals surface area contributed by atoms with Crippen molar-refractivity contribution in [1.29, 1.82) is 0 Å². The molecule has 1 N–H and O–H groups in total. The third kappa shape index (κ3) is 6.52. The van der Waals surface area contributed by atoms with Gasteiger partial charge >= 0.3 is 5.97 Å². The minimum absolute atomic E-state index is 0.0400. The lowest BCUT2D eigenvalue weighted by Crippen LogP contribution is -2.38. The molecule has 0 bridgehead atoms. The van der Waals surface area contributed by atoms with Crippen molar-refractivity contribution < 1.29 is 18.7 Å². The Hall–Kier alpha value is -2.44. The Kier molecular flexibility index (Phi) is 8.43. The summed E-state index contributed by atoms with van der Waals surface area (Å²) < 4.78 is 19.2. The van der Waals surface area contributed by atoms with Gasteiger partial charge in [-0.2, -0.15) is 0 Å². The molecule has 0 saturated carbocycles. The maximum absolute atomic E-state index is 14.0. The second-order valence-electron chi connectivity index (χ2n) is 7.81. The summed E-state index contributed by atoms with van der Waals surface area (Å²) in [5.74, 6) is -0.799. The van der Waals surface area contributed by atoms with Gasteiger partial charge in [-0.15, -0.1) is 0 Å². The predicted octanol–water partition coefficient (Wildman–Crippen LogP) is 5.29. The van der Waals surface area contributed by atoms with E-state index in [1.165, 1.54) is 6.07 Å². The third-order valence-electron chi connectivity index (χ3n) is 5.52. The van der Waals surface area contributed by atoms with Crippen LogP contribution in [0.4, 0.5) is 10.1 Å². The zero-order valence-electron chi connectivity index (χ0n) is 17.7. The van der Waals surface area contributed by atoms with Crippen LogP contribution in [0.15, 0.2) is 42.5 Å². The van der Waals surface area contributed by atoms with Crippen LogP contribution in [-0.2, 0) is 16.1 Å². The summed E-state index contributed by atoms with van der Waals surface area (Å²) in [6, 6.07) is 11.4. The van der Waals surface area contributed by atoms with Crippen LogP contribution in [0.25, 0.3) is 0 Å². The molecule has 1 fully saturated rings. The van der Waals surface area contributed by atoms with E-state index in [0.29, 0.717) is 60.9 Å². The lowest BCUT2D eigenvalue weighted by atomic mass is 9.95. The number of anilines is 1. The first kappa shape index (κ1) is 23.2. The summed E-state index contributed by atoms with van der Waals surface area (Å²) in [7, 11) is 0. The highest BCUT2D eigenvalue weighted by Crippen LogP contribution is 2.25. The highest BCUT2D eigenvalue weighted by atomic mass is 35.5. The van der Waals surface area contributed by atoms with Gasteiger partial charge in [-0.25, -0.2) is 9.18 Å². The van der Waals surface area contributed by atoms with Gasteiger partial charge in [0, 0.05) is 28.7 Å². The van der Waals surface area contributed by atoms with E-state index in [2.05, 4.69) is 10.2 Å². The van der Waals surface area contributed by atoms with Gasteiger partial charge in [0.2, 0.25) is 5.91 Å². The van der Waals surface area contributed by atoms with Crippen molar-refractivity contribution in [2.45, 2.75) is 39.2 Å². The van der Waals surface area contributed by atoms with E-state index in [4.69, 9.17) is 16.3 Å². The highest BCUT2D eigenvalue weighted by molar-refractivity contribution is 6.31. The number of nitrogens with zero attached hydrogens (tertiary/aromatic N) is 1. The fraction of sp³-hybridized carbons (Fsp3) is 0.417. The fourth-order valence-corrected chi connectivity index (χ4v) is 3.81. The summed E-state index contributed by atoms with van der Waals surface area (Å²) in [5, 5.41) is 3.35. The number of likely N-dealkylation sites (tertiary alicyclic amines) is 1. The second kappa shape index (κ2) is 11.3. The smallest absolute Gasteiger partial charge is 0.338 e. The number of amides is 1. The van der Waals surface area contributed by atoms with E-state index >= 15 is 0 Å². The monoisotopic (exact) mass is 446 g/mol. The fourth-order valence-electron chi connectivity index (χ4n) is 3.59. The summed E-state index contributed by atoms with van der Waals surface area (Å²) >= 11 is 6.12. The van der Waals surface area contributed by atoms with Crippen LogP contribution in [0.5, 0.6) is 0 Å². The SMILES string of the molecule is CCCCOC(=O)c1ccc(NC(=O)C2CCN(Cc3c(F)cccc3Cl)CC2)cc1. The molecule has 0 aliphatic carbocycles. The zero-order valence-corrected chi connectivity index (χ0v) is 18.5. The van der Waals surface area contributed by atoms with Crippen LogP contribution in [0.1, 0.15) is 48.5 Å². The molecule has 0 radical (unpaired) electrons. The molecule has 1 aliphatic rings. The first-order chi connectivity index (χ1) is 15.0. The molecule has 0 atom stereocenters. The number of hydrogen-bond acceptors (Lipinski definition) is 4. The molecule has 31 heavy (non-hydrogen) atoms. The van der Waals surface area contributed by atoms with Gasteiger partial charge in [-0.3, -0.25) is 9.69 Å². The van der Waals surface area contributed by atoms with E-state index < -0.39 is 0 Å². The van der Waals surface area contributed by atoms with E-state index in [1.807, 2.05) is 6.92 Å². The number of rotatable bonds is 8. The zero-order chi connectivity index (χ0) is 22.2. The third-order valence-corrected chi connectivity index (χ3v) is 5.88. The van der Waals surface area contributed by atoms with E-state index in [1.54, 1.807) is 36.4 Å². The van der Waals surface area contributed by atoms with Crippen LogP contribution in [0.3, 0.4) is 0 Å². The van der Waals surface area contributed by atoms with E-state index in [0.717, 1.165) is 12.8 Å². The molecule has 5 nitrogen and oxygen atoms in total. The summed E-state index contributed by atoms with van der Waals surface area (Å²) in [5.41, 5.74) is 1.62. The van der Waals surface area contributed by atoms with E-state index in [-0.39, 0.29) is 23.6 Å². The topological polar surface area (TPSA) is 58.6 Å². The average molecular weight is 447 g/mol. The number of nitrogens with one attached hydrogen (secondary N) is 1.